The Morgan fingerprint density at radius 1 is 1.03 bits per heavy atom. The fraction of sp³-hybridized carbons (Fsp3) is 0.773. The van der Waals surface area contributed by atoms with Crippen LogP contribution in [-0.4, -0.2) is 65.3 Å². The number of aliphatic hydroxyl groups is 1. The van der Waals surface area contributed by atoms with Crippen LogP contribution in [0.4, 0.5) is 0 Å². The van der Waals surface area contributed by atoms with E-state index in [1.54, 1.807) is 20.8 Å². The molecule has 1 aliphatic rings. The predicted molar refractivity (Wildman–Crippen MR) is 118 cm³/mol. The number of ketones is 1. The lowest BCUT2D eigenvalue weighted by Crippen LogP contribution is -2.57. The van der Waals surface area contributed by atoms with E-state index in [0.717, 1.165) is 6.42 Å². The molecular formula is C22H38N4O6. The van der Waals surface area contributed by atoms with Gasteiger partial charge in [0.25, 0.3) is 0 Å². The van der Waals surface area contributed by atoms with Crippen molar-refractivity contribution in [2.75, 3.05) is 13.2 Å². The number of hydrogen-bond donors (Lipinski definition) is 5. The molecule has 5 N–H and O–H groups in total. The molecule has 4 amide bonds. The Hall–Kier alpha value is -2.49. The summed E-state index contributed by atoms with van der Waals surface area (Å²) in [6.45, 7) is 10.6. The van der Waals surface area contributed by atoms with E-state index in [2.05, 4.69) is 21.3 Å². The minimum absolute atomic E-state index is 0.0532. The highest BCUT2D eigenvalue weighted by atomic mass is 16.3. The van der Waals surface area contributed by atoms with Crippen LogP contribution in [0.25, 0.3) is 0 Å². The summed E-state index contributed by atoms with van der Waals surface area (Å²) in [6, 6.07) is -2.16. The maximum absolute atomic E-state index is 13.0. The first-order chi connectivity index (χ1) is 14.6. The summed E-state index contributed by atoms with van der Waals surface area (Å²) < 4.78 is 0. The van der Waals surface area contributed by atoms with E-state index in [1.165, 1.54) is 0 Å². The van der Waals surface area contributed by atoms with Crippen molar-refractivity contribution in [3.05, 3.63) is 0 Å². The number of aliphatic hydroxyl groups excluding tert-OH is 1. The summed E-state index contributed by atoms with van der Waals surface area (Å²) in [4.78, 5) is 62.0. The van der Waals surface area contributed by atoms with Gasteiger partial charge < -0.3 is 26.4 Å². The first-order valence-electron chi connectivity index (χ1n) is 11.0. The fourth-order valence-electron chi connectivity index (χ4n) is 3.44. The summed E-state index contributed by atoms with van der Waals surface area (Å²) in [7, 11) is 0. The van der Waals surface area contributed by atoms with Crippen LogP contribution in [0.15, 0.2) is 0 Å². The maximum Gasteiger partial charge on any atom is 0.309 e. The van der Waals surface area contributed by atoms with Crippen molar-refractivity contribution in [2.24, 2.45) is 11.3 Å². The zero-order valence-electron chi connectivity index (χ0n) is 20.0. The van der Waals surface area contributed by atoms with E-state index in [4.69, 9.17) is 0 Å². The smallest absolute Gasteiger partial charge is 0.309 e. The van der Waals surface area contributed by atoms with Crippen LogP contribution in [-0.2, 0) is 24.0 Å². The lowest BCUT2D eigenvalue weighted by atomic mass is 9.87. The average molecular weight is 455 g/mol. The minimum Gasteiger partial charge on any atom is -0.389 e. The van der Waals surface area contributed by atoms with E-state index < -0.39 is 53.7 Å². The molecule has 0 aromatic carbocycles. The number of Topliss-reactive ketones (excluding diaryl/α,β-unsaturated/α-hetero) is 1. The van der Waals surface area contributed by atoms with Gasteiger partial charge in [-0.15, -0.1) is 0 Å². The molecule has 0 bridgehead atoms. The molecule has 1 aliphatic heterocycles. The Bertz CT molecular complexity index is 723. The Kier molecular flexibility index (Phi) is 9.81. The van der Waals surface area contributed by atoms with E-state index in [1.807, 2.05) is 20.8 Å². The van der Waals surface area contributed by atoms with Gasteiger partial charge in [-0.05, 0) is 51.9 Å². The molecule has 3 atom stereocenters. The van der Waals surface area contributed by atoms with Crippen LogP contribution < -0.4 is 21.3 Å². The van der Waals surface area contributed by atoms with Gasteiger partial charge in [0.15, 0.2) is 5.78 Å². The largest absolute Gasteiger partial charge is 0.389 e. The third-order valence-corrected chi connectivity index (χ3v) is 4.91. The number of carbonyl (C=O) groups excluding carboxylic acids is 5. The summed E-state index contributed by atoms with van der Waals surface area (Å²) in [5, 5.41) is 19.6. The van der Waals surface area contributed by atoms with Gasteiger partial charge in [0.1, 0.15) is 12.6 Å². The van der Waals surface area contributed by atoms with Crippen molar-refractivity contribution < 1.29 is 29.1 Å². The Labute approximate surface area is 189 Å². The molecule has 0 aromatic heterocycles. The molecule has 0 radical (unpaired) electrons. The monoisotopic (exact) mass is 454 g/mol. The van der Waals surface area contributed by atoms with Crippen LogP contribution in [0.3, 0.4) is 0 Å². The second kappa shape index (κ2) is 11.4. The van der Waals surface area contributed by atoms with Crippen molar-refractivity contribution in [2.45, 2.75) is 84.8 Å². The average Bonchev–Trinajstić information content (AvgIpc) is 2.65. The molecule has 0 saturated carbocycles. The van der Waals surface area contributed by atoms with Crippen molar-refractivity contribution in [3.8, 4) is 0 Å². The lowest BCUT2D eigenvalue weighted by Gasteiger charge is -2.30. The number of piperidine rings is 1. The molecule has 0 spiro atoms. The number of rotatable bonds is 8. The van der Waals surface area contributed by atoms with Gasteiger partial charge in [-0.2, -0.15) is 0 Å². The first-order valence-corrected chi connectivity index (χ1v) is 11.0. The van der Waals surface area contributed by atoms with E-state index in [-0.39, 0.29) is 24.2 Å². The topological polar surface area (TPSA) is 154 Å². The van der Waals surface area contributed by atoms with Crippen LogP contribution >= 0.6 is 0 Å². The standard InChI is InChI=1S/C22H38N4O6/c1-21(2,3)11-15(25-19(31)20(32)26-22(4,5)6)18(30)24-14(16(28)12-27)10-13-8-7-9-23-17(13)29/h13-15,27H,7-12H2,1-6H3,(H,23,29)(H,24,30)(H,25,31)(H,26,32)/t13?,14?,15-/m0/s1. The first kappa shape index (κ1) is 27.5. The van der Waals surface area contributed by atoms with E-state index in [0.29, 0.717) is 13.0 Å². The molecular weight excluding hydrogens is 416 g/mol. The van der Waals surface area contributed by atoms with Crippen molar-refractivity contribution in [1.82, 2.24) is 21.3 Å². The number of hydrogen-bond acceptors (Lipinski definition) is 6. The van der Waals surface area contributed by atoms with Gasteiger partial charge in [0.2, 0.25) is 11.8 Å². The molecule has 0 aromatic rings. The molecule has 10 nitrogen and oxygen atoms in total. The lowest BCUT2D eigenvalue weighted by molar-refractivity contribution is -0.142. The molecule has 2 unspecified atom stereocenters. The number of nitrogens with one attached hydrogen (secondary N) is 4. The van der Waals surface area contributed by atoms with Gasteiger partial charge in [-0.1, -0.05) is 20.8 Å². The van der Waals surface area contributed by atoms with Gasteiger partial charge >= 0.3 is 11.8 Å². The van der Waals surface area contributed by atoms with Crippen LogP contribution in [0.1, 0.15) is 67.2 Å². The van der Waals surface area contributed by atoms with Crippen molar-refractivity contribution >= 4 is 29.4 Å². The molecule has 182 valence electrons. The summed E-state index contributed by atoms with van der Waals surface area (Å²) in [6.07, 6.45) is 1.59. The van der Waals surface area contributed by atoms with Crippen LogP contribution in [0, 0.1) is 11.3 Å². The van der Waals surface area contributed by atoms with Crippen molar-refractivity contribution in [3.63, 3.8) is 0 Å². The minimum atomic E-state index is -1.08. The molecule has 1 rings (SSSR count). The third-order valence-electron chi connectivity index (χ3n) is 4.91. The van der Waals surface area contributed by atoms with Gasteiger partial charge in [0.05, 0.1) is 6.04 Å². The molecule has 10 heteroatoms. The van der Waals surface area contributed by atoms with Gasteiger partial charge in [0, 0.05) is 18.0 Å². The van der Waals surface area contributed by atoms with E-state index in [9.17, 15) is 29.1 Å². The fourth-order valence-corrected chi connectivity index (χ4v) is 3.44. The van der Waals surface area contributed by atoms with Crippen molar-refractivity contribution in [1.29, 1.82) is 0 Å². The van der Waals surface area contributed by atoms with Crippen LogP contribution in [0.2, 0.25) is 0 Å². The van der Waals surface area contributed by atoms with Gasteiger partial charge in [-0.3, -0.25) is 24.0 Å². The predicted octanol–water partition coefficient (Wildman–Crippen LogP) is -0.215. The molecule has 32 heavy (non-hydrogen) atoms. The van der Waals surface area contributed by atoms with Crippen LogP contribution in [0.5, 0.6) is 0 Å². The Morgan fingerprint density at radius 2 is 1.66 bits per heavy atom. The molecule has 1 saturated heterocycles. The highest BCUT2D eigenvalue weighted by molar-refractivity contribution is 6.35. The highest BCUT2D eigenvalue weighted by Gasteiger charge is 2.34. The summed E-state index contributed by atoms with van der Waals surface area (Å²) in [5.74, 6) is -3.76. The zero-order chi connectivity index (χ0) is 24.7. The molecule has 0 aliphatic carbocycles. The second-order valence-corrected chi connectivity index (χ2v) is 10.5. The second-order valence-electron chi connectivity index (χ2n) is 10.5. The Morgan fingerprint density at radius 3 is 2.16 bits per heavy atom. The number of carbonyl (C=O) groups is 5. The number of amides is 4. The summed E-state index contributed by atoms with van der Waals surface area (Å²) >= 11 is 0. The maximum atomic E-state index is 13.0. The quantitative estimate of drug-likeness (QED) is 0.320. The SMILES string of the molecule is CC(C)(C)C[C@H](NC(=O)C(=O)NC(C)(C)C)C(=O)NC(CC1CCCNC1=O)C(=O)CO. The molecule has 1 fully saturated rings. The third kappa shape index (κ3) is 9.76. The Balaban J connectivity index is 2.97. The van der Waals surface area contributed by atoms with Gasteiger partial charge in [-0.25, -0.2) is 0 Å². The highest BCUT2D eigenvalue weighted by Crippen LogP contribution is 2.22. The molecule has 1 heterocycles. The summed E-state index contributed by atoms with van der Waals surface area (Å²) in [5.41, 5.74) is -1.01. The zero-order valence-corrected chi connectivity index (χ0v) is 20.0. The van der Waals surface area contributed by atoms with E-state index >= 15 is 0 Å². The normalized spacial score (nSPS) is 18.7.